The van der Waals surface area contributed by atoms with Crippen LogP contribution < -0.4 is 16.6 Å². The molecule has 0 fully saturated rings. The minimum atomic E-state index is -0.594. The zero-order valence-corrected chi connectivity index (χ0v) is 17.5. The number of aromatic nitrogens is 3. The standard InChI is InChI=1S/C18H16Cl2N6O2S/c1-9-5-10(19)6-12(17(27)24-21)15(9)23-18(28)14-7-11(8-29)25-26(14)16-13(20)3-2-4-22-16/h2-7,29H,8,21H2,1H3,(H,23,28)(H,24,27). The van der Waals surface area contributed by atoms with Crippen LogP contribution in [-0.4, -0.2) is 26.6 Å². The van der Waals surface area contributed by atoms with Crippen LogP contribution in [0.1, 0.15) is 32.1 Å². The first kappa shape index (κ1) is 21.1. The van der Waals surface area contributed by atoms with E-state index in [1.165, 1.54) is 16.9 Å². The summed E-state index contributed by atoms with van der Waals surface area (Å²) in [7, 11) is 0. The quantitative estimate of drug-likeness (QED) is 0.206. The third-order valence-electron chi connectivity index (χ3n) is 4.01. The van der Waals surface area contributed by atoms with Gasteiger partial charge in [0, 0.05) is 17.0 Å². The second-order valence-electron chi connectivity index (χ2n) is 5.97. The van der Waals surface area contributed by atoms with Crippen molar-refractivity contribution in [1.82, 2.24) is 20.2 Å². The highest BCUT2D eigenvalue weighted by atomic mass is 35.5. The number of benzene rings is 1. The van der Waals surface area contributed by atoms with Gasteiger partial charge in [-0.2, -0.15) is 17.7 Å². The molecule has 0 spiro atoms. The van der Waals surface area contributed by atoms with Crippen molar-refractivity contribution in [1.29, 1.82) is 0 Å². The monoisotopic (exact) mass is 450 g/mol. The maximum absolute atomic E-state index is 13.1. The van der Waals surface area contributed by atoms with Crippen LogP contribution in [0.2, 0.25) is 10.0 Å². The highest BCUT2D eigenvalue weighted by Gasteiger charge is 2.22. The molecule has 2 aromatic heterocycles. The molecule has 3 aromatic rings. The van der Waals surface area contributed by atoms with Crippen molar-refractivity contribution < 1.29 is 9.59 Å². The second-order valence-corrected chi connectivity index (χ2v) is 7.13. The van der Waals surface area contributed by atoms with Crippen molar-refractivity contribution in [2.45, 2.75) is 12.7 Å². The minimum Gasteiger partial charge on any atom is -0.320 e. The minimum absolute atomic E-state index is 0.127. The van der Waals surface area contributed by atoms with Crippen molar-refractivity contribution in [2.75, 3.05) is 5.32 Å². The summed E-state index contributed by atoms with van der Waals surface area (Å²) in [5, 5.41) is 7.73. The number of rotatable bonds is 5. The van der Waals surface area contributed by atoms with E-state index in [0.717, 1.165) is 0 Å². The zero-order chi connectivity index (χ0) is 21.1. The Kier molecular flexibility index (Phi) is 6.43. The molecule has 11 heteroatoms. The van der Waals surface area contributed by atoms with Gasteiger partial charge in [-0.25, -0.2) is 15.5 Å². The van der Waals surface area contributed by atoms with E-state index in [4.69, 9.17) is 29.0 Å². The van der Waals surface area contributed by atoms with Gasteiger partial charge < -0.3 is 5.32 Å². The number of hydrazine groups is 1. The van der Waals surface area contributed by atoms with Crippen LogP contribution >= 0.6 is 35.8 Å². The summed E-state index contributed by atoms with van der Waals surface area (Å²) >= 11 is 16.5. The summed E-state index contributed by atoms with van der Waals surface area (Å²) in [4.78, 5) is 29.4. The van der Waals surface area contributed by atoms with Gasteiger partial charge >= 0.3 is 0 Å². The van der Waals surface area contributed by atoms with Crippen molar-refractivity contribution in [2.24, 2.45) is 5.84 Å². The molecule has 29 heavy (non-hydrogen) atoms. The molecule has 0 radical (unpaired) electrons. The van der Waals surface area contributed by atoms with E-state index in [2.05, 4.69) is 28.0 Å². The molecule has 8 nitrogen and oxygen atoms in total. The first-order valence-electron chi connectivity index (χ1n) is 8.28. The third kappa shape index (κ3) is 4.38. The maximum atomic E-state index is 13.1. The van der Waals surface area contributed by atoms with Crippen LogP contribution in [0.5, 0.6) is 0 Å². The molecule has 0 saturated carbocycles. The maximum Gasteiger partial charge on any atom is 0.274 e. The van der Waals surface area contributed by atoms with E-state index >= 15 is 0 Å². The molecule has 3 rings (SSSR count). The van der Waals surface area contributed by atoms with Gasteiger partial charge in [0.25, 0.3) is 11.8 Å². The highest BCUT2D eigenvalue weighted by molar-refractivity contribution is 7.79. The number of carbonyl (C=O) groups excluding carboxylic acids is 2. The predicted molar refractivity (Wildman–Crippen MR) is 115 cm³/mol. The highest BCUT2D eigenvalue weighted by Crippen LogP contribution is 2.27. The Morgan fingerprint density at radius 2 is 2.00 bits per heavy atom. The van der Waals surface area contributed by atoms with Gasteiger partial charge in [0.1, 0.15) is 5.69 Å². The number of nitrogen functional groups attached to an aromatic ring is 1. The first-order valence-corrected chi connectivity index (χ1v) is 9.67. The Balaban J connectivity index is 2.07. The molecular formula is C18H16Cl2N6O2S. The predicted octanol–water partition coefficient (Wildman–Crippen LogP) is 3.17. The number of nitrogens with zero attached hydrogens (tertiary/aromatic N) is 3. The summed E-state index contributed by atoms with van der Waals surface area (Å²) in [5.41, 5.74) is 3.75. The third-order valence-corrected chi connectivity index (χ3v) is 4.85. The summed E-state index contributed by atoms with van der Waals surface area (Å²) in [5.74, 6) is 4.73. The fraction of sp³-hybridized carbons (Fsp3) is 0.111. The molecular weight excluding hydrogens is 435 g/mol. The van der Waals surface area contributed by atoms with Gasteiger partial charge in [0.15, 0.2) is 5.82 Å². The SMILES string of the molecule is Cc1cc(Cl)cc(C(=O)NN)c1NC(=O)c1cc(CS)nn1-c1ncccc1Cl. The van der Waals surface area contributed by atoms with E-state index in [0.29, 0.717) is 32.9 Å². The number of carbonyl (C=O) groups is 2. The Morgan fingerprint density at radius 1 is 1.24 bits per heavy atom. The molecule has 1 aromatic carbocycles. The fourth-order valence-corrected chi connectivity index (χ4v) is 3.34. The van der Waals surface area contributed by atoms with Crippen LogP contribution in [0.15, 0.2) is 36.5 Å². The summed E-state index contributed by atoms with van der Waals surface area (Å²) < 4.78 is 1.33. The van der Waals surface area contributed by atoms with Crippen molar-refractivity contribution in [3.05, 3.63) is 69.1 Å². The summed E-state index contributed by atoms with van der Waals surface area (Å²) in [6.07, 6.45) is 1.54. The zero-order valence-electron chi connectivity index (χ0n) is 15.1. The van der Waals surface area contributed by atoms with Gasteiger partial charge in [-0.15, -0.1) is 0 Å². The lowest BCUT2D eigenvalue weighted by Crippen LogP contribution is -2.31. The Labute approximate surface area is 181 Å². The Hall–Kier alpha value is -2.59. The number of pyridine rings is 1. The van der Waals surface area contributed by atoms with Crippen LogP contribution in [-0.2, 0) is 5.75 Å². The van der Waals surface area contributed by atoms with Crippen LogP contribution in [0.25, 0.3) is 5.82 Å². The lowest BCUT2D eigenvalue weighted by Gasteiger charge is -2.14. The molecule has 2 heterocycles. The number of nitrogens with one attached hydrogen (secondary N) is 2. The lowest BCUT2D eigenvalue weighted by molar-refractivity contribution is 0.0954. The molecule has 0 unspecified atom stereocenters. The number of thiol groups is 1. The smallest absolute Gasteiger partial charge is 0.274 e. The molecule has 0 saturated heterocycles. The number of amides is 2. The van der Waals surface area contributed by atoms with Crippen molar-refractivity contribution in [3.63, 3.8) is 0 Å². The fourth-order valence-electron chi connectivity index (χ4n) is 2.71. The Bertz CT molecular complexity index is 1100. The first-order chi connectivity index (χ1) is 13.8. The largest absolute Gasteiger partial charge is 0.320 e. The second kappa shape index (κ2) is 8.83. The summed E-state index contributed by atoms with van der Waals surface area (Å²) in [6, 6.07) is 7.92. The van der Waals surface area contributed by atoms with E-state index in [9.17, 15) is 9.59 Å². The number of hydrogen-bond acceptors (Lipinski definition) is 6. The van der Waals surface area contributed by atoms with Crippen LogP contribution in [0.4, 0.5) is 5.69 Å². The number of hydrogen-bond donors (Lipinski definition) is 4. The van der Waals surface area contributed by atoms with Gasteiger partial charge in [-0.3, -0.25) is 15.0 Å². The van der Waals surface area contributed by atoms with Crippen LogP contribution in [0, 0.1) is 6.92 Å². The molecule has 4 N–H and O–H groups in total. The average molecular weight is 451 g/mol. The molecule has 150 valence electrons. The Morgan fingerprint density at radius 3 is 2.66 bits per heavy atom. The molecule has 0 aliphatic carbocycles. The molecule has 0 aliphatic heterocycles. The molecule has 0 bridgehead atoms. The van der Waals surface area contributed by atoms with E-state index in [1.54, 1.807) is 31.2 Å². The van der Waals surface area contributed by atoms with E-state index in [-0.39, 0.29) is 16.9 Å². The normalized spacial score (nSPS) is 10.7. The van der Waals surface area contributed by atoms with Gasteiger partial charge in [0.05, 0.1) is 22.0 Å². The number of halogens is 2. The van der Waals surface area contributed by atoms with Crippen molar-refractivity contribution in [3.8, 4) is 5.82 Å². The van der Waals surface area contributed by atoms with E-state index < -0.39 is 11.8 Å². The average Bonchev–Trinajstić information content (AvgIpc) is 3.13. The molecule has 0 aliphatic rings. The summed E-state index contributed by atoms with van der Waals surface area (Å²) in [6.45, 7) is 1.71. The van der Waals surface area contributed by atoms with E-state index in [1.807, 2.05) is 5.43 Å². The molecule has 2 amide bonds. The topological polar surface area (TPSA) is 115 Å². The number of nitrogens with two attached hydrogens (primary N) is 1. The lowest BCUT2D eigenvalue weighted by atomic mass is 10.1. The van der Waals surface area contributed by atoms with Gasteiger partial charge in [0.2, 0.25) is 0 Å². The molecule has 0 atom stereocenters. The number of anilines is 1. The van der Waals surface area contributed by atoms with Gasteiger partial charge in [-0.05, 0) is 42.8 Å². The van der Waals surface area contributed by atoms with Gasteiger partial charge in [-0.1, -0.05) is 23.2 Å². The van der Waals surface area contributed by atoms with Crippen LogP contribution in [0.3, 0.4) is 0 Å². The van der Waals surface area contributed by atoms with Crippen molar-refractivity contribution >= 4 is 53.3 Å². The number of aryl methyl sites for hydroxylation is 1.